The molecule has 0 amide bonds. The van der Waals surface area contributed by atoms with Gasteiger partial charge in [0.05, 0.1) is 5.92 Å². The molecule has 1 rings (SSSR count). The molecule has 3 nitrogen and oxygen atoms in total. The lowest BCUT2D eigenvalue weighted by Crippen LogP contribution is -2.33. The van der Waals surface area contributed by atoms with Gasteiger partial charge in [0.25, 0.3) is 0 Å². The van der Waals surface area contributed by atoms with Crippen LogP contribution < -0.4 is 5.32 Å². The van der Waals surface area contributed by atoms with E-state index in [9.17, 15) is 4.79 Å². The lowest BCUT2D eigenvalue weighted by atomic mass is 10.1. The first-order valence-corrected chi connectivity index (χ1v) is 3.65. The second-order valence-corrected chi connectivity index (χ2v) is 2.77. The van der Waals surface area contributed by atoms with Crippen LogP contribution in [0.4, 0.5) is 0 Å². The van der Waals surface area contributed by atoms with Gasteiger partial charge >= 0.3 is 5.97 Å². The van der Waals surface area contributed by atoms with Crippen molar-refractivity contribution >= 4 is 5.97 Å². The minimum atomic E-state index is -0.656. The first-order chi connectivity index (χ1) is 4.75. The number of hydrogen-bond donors (Lipinski definition) is 2. The molecular weight excluding hydrogens is 130 g/mol. The van der Waals surface area contributed by atoms with Crippen molar-refractivity contribution in [3.63, 3.8) is 0 Å². The van der Waals surface area contributed by atoms with Crippen molar-refractivity contribution in [3.8, 4) is 0 Å². The number of carboxylic acids is 1. The van der Waals surface area contributed by atoms with Crippen molar-refractivity contribution in [2.75, 3.05) is 7.05 Å². The molecule has 2 N–H and O–H groups in total. The van der Waals surface area contributed by atoms with Crippen molar-refractivity contribution in [1.82, 2.24) is 5.32 Å². The smallest absolute Gasteiger partial charge is 0.308 e. The Kier molecular flexibility index (Phi) is 2.27. The lowest BCUT2D eigenvalue weighted by molar-refractivity contribution is -0.142. The predicted octanol–water partition coefficient (Wildman–Crippen LogP) is 0.459. The third kappa shape index (κ3) is 1.29. The molecule has 0 aromatic heterocycles. The Morgan fingerprint density at radius 1 is 1.60 bits per heavy atom. The molecular formula is C7H13NO2. The van der Waals surface area contributed by atoms with Gasteiger partial charge in [-0.15, -0.1) is 0 Å². The van der Waals surface area contributed by atoms with E-state index in [4.69, 9.17) is 5.11 Å². The van der Waals surface area contributed by atoms with Crippen molar-refractivity contribution < 1.29 is 9.90 Å². The van der Waals surface area contributed by atoms with Crippen LogP contribution in [0.1, 0.15) is 19.3 Å². The van der Waals surface area contributed by atoms with Gasteiger partial charge in [-0.2, -0.15) is 0 Å². The summed E-state index contributed by atoms with van der Waals surface area (Å²) < 4.78 is 0. The van der Waals surface area contributed by atoms with Crippen LogP contribution in [0.2, 0.25) is 0 Å². The van der Waals surface area contributed by atoms with Crippen LogP contribution in [0.15, 0.2) is 0 Å². The zero-order valence-corrected chi connectivity index (χ0v) is 6.13. The molecule has 1 aliphatic carbocycles. The summed E-state index contributed by atoms with van der Waals surface area (Å²) in [6, 6.07) is 0.206. The van der Waals surface area contributed by atoms with E-state index in [-0.39, 0.29) is 12.0 Å². The molecule has 0 unspecified atom stereocenters. The average Bonchev–Trinajstić information content (AvgIpc) is 2.33. The maximum absolute atomic E-state index is 10.5. The highest BCUT2D eigenvalue weighted by Crippen LogP contribution is 2.25. The molecule has 10 heavy (non-hydrogen) atoms. The summed E-state index contributed by atoms with van der Waals surface area (Å²) in [5.74, 6) is -0.804. The van der Waals surface area contributed by atoms with E-state index < -0.39 is 5.97 Å². The topological polar surface area (TPSA) is 49.3 Å². The van der Waals surface area contributed by atoms with Crippen LogP contribution in [-0.4, -0.2) is 24.2 Å². The number of aliphatic carboxylic acids is 1. The molecule has 1 saturated carbocycles. The van der Waals surface area contributed by atoms with E-state index in [1.807, 2.05) is 7.05 Å². The monoisotopic (exact) mass is 143 g/mol. The number of carbonyl (C=O) groups is 1. The lowest BCUT2D eigenvalue weighted by Gasteiger charge is -2.13. The Hall–Kier alpha value is -0.570. The van der Waals surface area contributed by atoms with E-state index in [0.717, 1.165) is 19.3 Å². The van der Waals surface area contributed by atoms with E-state index in [1.165, 1.54) is 0 Å². The van der Waals surface area contributed by atoms with Gasteiger partial charge in [-0.1, -0.05) is 6.42 Å². The standard InChI is InChI=1S/C7H13NO2/c1-8-6-4-2-3-5(6)7(9)10/h5-6,8H,2-4H2,1H3,(H,9,10)/t5-,6-/m0/s1. The Labute approximate surface area is 60.4 Å². The van der Waals surface area contributed by atoms with E-state index in [0.29, 0.717) is 0 Å². The number of rotatable bonds is 2. The van der Waals surface area contributed by atoms with Crippen LogP contribution in [0.5, 0.6) is 0 Å². The van der Waals surface area contributed by atoms with Crippen LogP contribution in [0, 0.1) is 5.92 Å². The van der Waals surface area contributed by atoms with Gasteiger partial charge in [-0.05, 0) is 19.9 Å². The molecule has 3 heteroatoms. The second kappa shape index (κ2) is 3.01. The van der Waals surface area contributed by atoms with Crippen LogP contribution >= 0.6 is 0 Å². The van der Waals surface area contributed by atoms with Crippen LogP contribution in [-0.2, 0) is 4.79 Å². The molecule has 1 fully saturated rings. The van der Waals surface area contributed by atoms with Crippen molar-refractivity contribution in [2.24, 2.45) is 5.92 Å². The Balaban J connectivity index is 2.50. The van der Waals surface area contributed by atoms with Gasteiger partial charge in [0.2, 0.25) is 0 Å². The summed E-state index contributed by atoms with van der Waals surface area (Å²) in [5, 5.41) is 11.7. The Bertz CT molecular complexity index is 136. The molecule has 58 valence electrons. The van der Waals surface area contributed by atoms with Gasteiger partial charge < -0.3 is 10.4 Å². The molecule has 0 heterocycles. The minimum Gasteiger partial charge on any atom is -0.481 e. The fraction of sp³-hybridized carbons (Fsp3) is 0.857. The summed E-state index contributed by atoms with van der Waals surface area (Å²) in [5.41, 5.74) is 0. The normalized spacial score (nSPS) is 32.5. The van der Waals surface area contributed by atoms with Crippen molar-refractivity contribution in [1.29, 1.82) is 0 Å². The Morgan fingerprint density at radius 3 is 2.70 bits per heavy atom. The Morgan fingerprint density at radius 2 is 2.30 bits per heavy atom. The zero-order chi connectivity index (χ0) is 7.56. The maximum Gasteiger partial charge on any atom is 0.308 e. The van der Waals surface area contributed by atoms with Gasteiger partial charge in [0.1, 0.15) is 0 Å². The fourth-order valence-electron chi connectivity index (χ4n) is 1.60. The second-order valence-electron chi connectivity index (χ2n) is 2.77. The zero-order valence-electron chi connectivity index (χ0n) is 6.13. The quantitative estimate of drug-likeness (QED) is 0.590. The van der Waals surface area contributed by atoms with E-state index in [1.54, 1.807) is 0 Å². The summed E-state index contributed by atoms with van der Waals surface area (Å²) in [6.07, 6.45) is 2.89. The van der Waals surface area contributed by atoms with Gasteiger partial charge in [-0.3, -0.25) is 4.79 Å². The van der Waals surface area contributed by atoms with E-state index in [2.05, 4.69) is 5.32 Å². The molecule has 0 aliphatic heterocycles. The molecule has 1 aliphatic rings. The molecule has 0 aromatic rings. The predicted molar refractivity (Wildman–Crippen MR) is 37.8 cm³/mol. The highest BCUT2D eigenvalue weighted by atomic mass is 16.4. The van der Waals surface area contributed by atoms with Crippen LogP contribution in [0.25, 0.3) is 0 Å². The molecule has 0 radical (unpaired) electrons. The summed E-state index contributed by atoms with van der Waals surface area (Å²) in [6.45, 7) is 0. The molecule has 0 bridgehead atoms. The highest BCUT2D eigenvalue weighted by Gasteiger charge is 2.31. The highest BCUT2D eigenvalue weighted by molar-refractivity contribution is 5.71. The van der Waals surface area contributed by atoms with Crippen molar-refractivity contribution in [2.45, 2.75) is 25.3 Å². The summed E-state index contributed by atoms with van der Waals surface area (Å²) in [7, 11) is 1.83. The molecule has 0 saturated heterocycles. The number of carboxylic acid groups (broad SMARTS) is 1. The third-order valence-corrected chi connectivity index (χ3v) is 2.20. The summed E-state index contributed by atoms with van der Waals surface area (Å²) in [4.78, 5) is 10.5. The maximum atomic E-state index is 10.5. The van der Waals surface area contributed by atoms with E-state index >= 15 is 0 Å². The van der Waals surface area contributed by atoms with Crippen molar-refractivity contribution in [3.05, 3.63) is 0 Å². The van der Waals surface area contributed by atoms with Gasteiger partial charge in [0, 0.05) is 6.04 Å². The number of nitrogens with one attached hydrogen (secondary N) is 1. The van der Waals surface area contributed by atoms with Gasteiger partial charge in [0.15, 0.2) is 0 Å². The minimum absolute atomic E-state index is 0.148. The molecule has 0 spiro atoms. The number of hydrogen-bond acceptors (Lipinski definition) is 2. The molecule has 0 aromatic carbocycles. The molecule has 2 atom stereocenters. The van der Waals surface area contributed by atoms with Gasteiger partial charge in [-0.25, -0.2) is 0 Å². The van der Waals surface area contributed by atoms with Crippen LogP contribution in [0.3, 0.4) is 0 Å². The first-order valence-electron chi connectivity index (χ1n) is 3.65. The fourth-order valence-corrected chi connectivity index (χ4v) is 1.60. The largest absolute Gasteiger partial charge is 0.481 e. The summed E-state index contributed by atoms with van der Waals surface area (Å²) >= 11 is 0. The SMILES string of the molecule is CN[C@H]1CCC[C@@H]1C(=O)O. The third-order valence-electron chi connectivity index (χ3n) is 2.20. The first kappa shape index (κ1) is 7.54. The average molecular weight is 143 g/mol.